The molecular weight excluding hydrogens is 340 g/mol. The van der Waals surface area contributed by atoms with Gasteiger partial charge in [0.05, 0.1) is 4.92 Å². The van der Waals surface area contributed by atoms with Crippen LogP contribution in [0.15, 0.2) is 47.1 Å². The molecule has 2 aromatic rings. The maximum absolute atomic E-state index is 11.5. The minimum absolute atomic E-state index is 0.0421. The molecule has 2 rings (SSSR count). The maximum Gasteiger partial charge on any atom is 0.313 e. The molecule has 1 aromatic carbocycles. The van der Waals surface area contributed by atoms with Crippen molar-refractivity contribution in [3.63, 3.8) is 0 Å². The Bertz CT molecular complexity index is 676. The largest absolute Gasteiger partial charge is 0.481 e. The lowest BCUT2D eigenvalue weighted by Gasteiger charge is -2.12. The van der Waals surface area contributed by atoms with Crippen LogP contribution in [0.3, 0.4) is 0 Å². The van der Waals surface area contributed by atoms with Gasteiger partial charge in [-0.15, -0.1) is 0 Å². The number of hydrogen-bond acceptors (Lipinski definition) is 4. The summed E-state index contributed by atoms with van der Waals surface area (Å²) < 4.78 is 0.432. The second-order valence-corrected chi connectivity index (χ2v) is 5.31. The lowest BCUT2D eigenvalue weighted by atomic mass is 9.95. The fourth-order valence-corrected chi connectivity index (χ4v) is 2.32. The third-order valence-electron chi connectivity index (χ3n) is 2.97. The van der Waals surface area contributed by atoms with Gasteiger partial charge in [0, 0.05) is 16.7 Å². The Morgan fingerprint density at radius 3 is 2.62 bits per heavy atom. The highest BCUT2D eigenvalue weighted by Crippen LogP contribution is 2.30. The number of halogens is 1. The number of hydrogen-bond donors (Lipinski definition) is 1. The molecule has 1 N–H and O–H groups in total. The smallest absolute Gasteiger partial charge is 0.313 e. The molecule has 0 saturated heterocycles. The molecular formula is C14H11BrN2O4. The molecule has 0 aliphatic carbocycles. The van der Waals surface area contributed by atoms with Crippen LogP contribution in [0.2, 0.25) is 0 Å². The van der Waals surface area contributed by atoms with Crippen molar-refractivity contribution >= 4 is 27.6 Å². The molecule has 21 heavy (non-hydrogen) atoms. The van der Waals surface area contributed by atoms with Crippen molar-refractivity contribution in [2.45, 2.75) is 12.3 Å². The number of aliphatic carboxylic acids is 1. The Labute approximate surface area is 128 Å². The van der Waals surface area contributed by atoms with E-state index in [4.69, 9.17) is 0 Å². The van der Waals surface area contributed by atoms with Crippen LogP contribution in [0, 0.1) is 10.1 Å². The molecule has 0 amide bonds. The first kappa shape index (κ1) is 15.1. The maximum atomic E-state index is 11.5. The van der Waals surface area contributed by atoms with E-state index in [-0.39, 0.29) is 17.8 Å². The Balaban J connectivity index is 2.44. The normalized spacial score (nSPS) is 11.9. The van der Waals surface area contributed by atoms with Crippen LogP contribution in [-0.4, -0.2) is 21.0 Å². The fraction of sp³-hybridized carbons (Fsp3) is 0.143. The van der Waals surface area contributed by atoms with Gasteiger partial charge in [-0.2, -0.15) is 0 Å². The highest BCUT2D eigenvalue weighted by molar-refractivity contribution is 9.10. The molecule has 1 unspecified atom stereocenters. The van der Waals surface area contributed by atoms with Gasteiger partial charge >= 0.3 is 5.97 Å². The van der Waals surface area contributed by atoms with Crippen LogP contribution in [0.5, 0.6) is 0 Å². The molecule has 0 saturated carbocycles. The molecule has 1 aromatic heterocycles. The second-order valence-electron chi connectivity index (χ2n) is 4.40. The highest BCUT2D eigenvalue weighted by atomic mass is 79.9. The summed E-state index contributed by atoms with van der Waals surface area (Å²) in [5.41, 5.74) is 0.441. The summed E-state index contributed by atoms with van der Waals surface area (Å²) in [7, 11) is 0. The van der Waals surface area contributed by atoms with Gasteiger partial charge in [0.1, 0.15) is 11.6 Å². The van der Waals surface area contributed by atoms with Gasteiger partial charge < -0.3 is 5.11 Å². The summed E-state index contributed by atoms with van der Waals surface area (Å²) in [5, 5.41) is 20.5. The van der Waals surface area contributed by atoms with Gasteiger partial charge in [0.25, 0.3) is 5.69 Å². The summed E-state index contributed by atoms with van der Waals surface area (Å²) in [4.78, 5) is 25.9. The highest BCUT2D eigenvalue weighted by Gasteiger charge is 2.30. The number of carboxylic acid groups (broad SMARTS) is 1. The van der Waals surface area contributed by atoms with Gasteiger partial charge in [-0.25, -0.2) is 0 Å². The van der Waals surface area contributed by atoms with Crippen LogP contribution in [0.4, 0.5) is 5.69 Å². The lowest BCUT2D eigenvalue weighted by molar-refractivity contribution is -0.386. The third kappa shape index (κ3) is 3.63. The summed E-state index contributed by atoms with van der Waals surface area (Å²) >= 11 is 3.10. The van der Waals surface area contributed by atoms with Gasteiger partial charge in [0.2, 0.25) is 0 Å². The predicted molar refractivity (Wildman–Crippen MR) is 79.1 cm³/mol. The van der Waals surface area contributed by atoms with E-state index in [0.29, 0.717) is 4.47 Å². The van der Waals surface area contributed by atoms with E-state index in [1.54, 1.807) is 24.3 Å². The molecule has 108 valence electrons. The van der Waals surface area contributed by atoms with E-state index in [1.807, 2.05) is 6.07 Å². The first-order chi connectivity index (χ1) is 9.99. The SMILES string of the molecule is O=C(O)C(Cc1ccccc1)c1ncc(Br)cc1[N+](=O)[O-]. The number of carboxylic acids is 1. The molecule has 0 aliphatic rings. The number of carbonyl (C=O) groups is 1. The molecule has 0 radical (unpaired) electrons. The van der Waals surface area contributed by atoms with E-state index in [9.17, 15) is 20.0 Å². The number of rotatable bonds is 5. The third-order valence-corrected chi connectivity index (χ3v) is 3.41. The van der Waals surface area contributed by atoms with Crippen molar-refractivity contribution in [2.75, 3.05) is 0 Å². The monoisotopic (exact) mass is 350 g/mol. The average Bonchev–Trinajstić information content (AvgIpc) is 2.46. The molecule has 1 atom stereocenters. The first-order valence-corrected chi connectivity index (χ1v) is 6.85. The number of aromatic nitrogens is 1. The number of nitrogens with zero attached hydrogens (tertiary/aromatic N) is 2. The molecule has 7 heteroatoms. The standard InChI is InChI=1S/C14H11BrN2O4/c15-10-7-12(17(20)21)13(16-8-10)11(14(18)19)6-9-4-2-1-3-5-9/h1-5,7-8,11H,6H2,(H,18,19). The number of nitro groups is 1. The van der Waals surface area contributed by atoms with Crippen LogP contribution in [0.25, 0.3) is 0 Å². The summed E-state index contributed by atoms with van der Waals surface area (Å²) in [6.45, 7) is 0. The molecule has 6 nitrogen and oxygen atoms in total. The van der Waals surface area contributed by atoms with Crippen LogP contribution in [0.1, 0.15) is 17.2 Å². The van der Waals surface area contributed by atoms with E-state index >= 15 is 0 Å². The topological polar surface area (TPSA) is 93.3 Å². The average molecular weight is 351 g/mol. The van der Waals surface area contributed by atoms with Gasteiger partial charge in [0.15, 0.2) is 0 Å². The minimum atomic E-state index is -1.14. The molecule has 0 fully saturated rings. The fourth-order valence-electron chi connectivity index (χ4n) is 2.00. The molecule has 0 bridgehead atoms. The van der Waals surface area contributed by atoms with Crippen molar-refractivity contribution in [1.82, 2.24) is 4.98 Å². The van der Waals surface area contributed by atoms with Gasteiger partial charge in [-0.05, 0) is 27.9 Å². The summed E-state index contributed by atoms with van der Waals surface area (Å²) in [5.74, 6) is -2.21. The van der Waals surface area contributed by atoms with Gasteiger partial charge in [-0.3, -0.25) is 19.9 Å². The Morgan fingerprint density at radius 1 is 1.38 bits per heavy atom. The summed E-state index contributed by atoms with van der Waals surface area (Å²) in [6, 6.07) is 10.2. The molecule has 0 spiro atoms. The van der Waals surface area contributed by atoms with Crippen molar-refractivity contribution in [1.29, 1.82) is 0 Å². The zero-order valence-corrected chi connectivity index (χ0v) is 12.4. The summed E-state index contributed by atoms with van der Waals surface area (Å²) in [6.07, 6.45) is 1.51. The zero-order valence-electron chi connectivity index (χ0n) is 10.8. The van der Waals surface area contributed by atoms with E-state index in [1.165, 1.54) is 12.3 Å². The minimum Gasteiger partial charge on any atom is -0.481 e. The molecule has 0 aliphatic heterocycles. The van der Waals surface area contributed by atoms with Crippen LogP contribution < -0.4 is 0 Å². The van der Waals surface area contributed by atoms with Crippen LogP contribution >= 0.6 is 15.9 Å². The number of pyridine rings is 1. The van der Waals surface area contributed by atoms with Crippen molar-refractivity contribution < 1.29 is 14.8 Å². The second kappa shape index (κ2) is 6.45. The van der Waals surface area contributed by atoms with Crippen molar-refractivity contribution in [3.8, 4) is 0 Å². The Morgan fingerprint density at radius 2 is 2.05 bits per heavy atom. The van der Waals surface area contributed by atoms with Crippen molar-refractivity contribution in [3.05, 3.63) is 68.4 Å². The number of benzene rings is 1. The Hall–Kier alpha value is -2.28. The van der Waals surface area contributed by atoms with Gasteiger partial charge in [-0.1, -0.05) is 30.3 Å². The molecule has 1 heterocycles. The first-order valence-electron chi connectivity index (χ1n) is 6.05. The predicted octanol–water partition coefficient (Wildman–Crippen LogP) is 3.16. The van der Waals surface area contributed by atoms with Crippen molar-refractivity contribution in [2.24, 2.45) is 0 Å². The van der Waals surface area contributed by atoms with E-state index < -0.39 is 16.8 Å². The lowest BCUT2D eigenvalue weighted by Crippen LogP contribution is -2.17. The Kier molecular flexibility index (Phi) is 4.64. The quantitative estimate of drug-likeness (QED) is 0.660. The van der Waals surface area contributed by atoms with Crippen LogP contribution in [-0.2, 0) is 11.2 Å². The zero-order chi connectivity index (χ0) is 15.4. The van der Waals surface area contributed by atoms with E-state index in [0.717, 1.165) is 5.56 Å². The van der Waals surface area contributed by atoms with E-state index in [2.05, 4.69) is 20.9 Å².